The van der Waals surface area contributed by atoms with Crippen LogP contribution in [0, 0.1) is 13.8 Å². The number of nitrogens with zero attached hydrogens (tertiary/aromatic N) is 2. The Morgan fingerprint density at radius 1 is 1.33 bits per heavy atom. The first-order valence-corrected chi connectivity index (χ1v) is 11.5. The van der Waals surface area contributed by atoms with E-state index >= 15 is 0 Å². The fraction of sp³-hybridized carbons (Fsp3) is 0.450. The third-order valence-electron chi connectivity index (χ3n) is 5.95. The van der Waals surface area contributed by atoms with Gasteiger partial charge >= 0.3 is 6.03 Å². The van der Waals surface area contributed by atoms with E-state index in [9.17, 15) is 22.8 Å². The molecule has 0 aromatic carbocycles. The Hall–Kier alpha value is -2.88. The van der Waals surface area contributed by atoms with E-state index in [1.54, 1.807) is 25.1 Å². The molecule has 0 bridgehead atoms. The predicted octanol–water partition coefficient (Wildman–Crippen LogP) is 1.71. The Labute approximate surface area is 173 Å². The molecule has 1 N–H and O–H groups in total. The van der Waals surface area contributed by atoms with Gasteiger partial charge in [-0.15, -0.1) is 0 Å². The number of carbonyl (C=O) groups is 3. The molecule has 0 radical (unpaired) electrons. The molecule has 4 rings (SSSR count). The molecule has 10 heteroatoms. The van der Waals surface area contributed by atoms with Crippen LogP contribution < -0.4 is 5.32 Å². The van der Waals surface area contributed by atoms with Crippen LogP contribution >= 0.6 is 0 Å². The van der Waals surface area contributed by atoms with E-state index in [1.165, 1.54) is 13.2 Å². The van der Waals surface area contributed by atoms with Crippen LogP contribution in [-0.2, 0) is 20.2 Å². The van der Waals surface area contributed by atoms with E-state index in [0.29, 0.717) is 17.7 Å². The van der Waals surface area contributed by atoms with Crippen molar-refractivity contribution in [2.75, 3.05) is 18.1 Å². The highest BCUT2D eigenvalue weighted by molar-refractivity contribution is 7.91. The lowest BCUT2D eigenvalue weighted by Gasteiger charge is -2.19. The number of hydrogen-bond acceptors (Lipinski definition) is 6. The lowest BCUT2D eigenvalue weighted by atomic mass is 9.99. The summed E-state index contributed by atoms with van der Waals surface area (Å²) in [5.74, 6) is -0.484. The summed E-state index contributed by atoms with van der Waals surface area (Å²) in [6, 6.07) is 4.02. The number of aryl methyl sites for hydroxylation is 1. The Morgan fingerprint density at radius 3 is 2.67 bits per heavy atom. The third-order valence-corrected chi connectivity index (χ3v) is 7.70. The number of aromatic nitrogens is 1. The minimum Gasteiger partial charge on any atom is -0.466 e. The van der Waals surface area contributed by atoms with Crippen molar-refractivity contribution in [3.05, 3.63) is 47.2 Å². The second-order valence-electron chi connectivity index (χ2n) is 8.06. The number of furan rings is 1. The number of sulfone groups is 1. The number of urea groups is 1. The van der Waals surface area contributed by atoms with Gasteiger partial charge in [-0.3, -0.25) is 14.5 Å². The molecule has 2 atom stereocenters. The molecule has 0 aliphatic carbocycles. The Morgan fingerprint density at radius 2 is 2.07 bits per heavy atom. The molecule has 2 saturated heterocycles. The summed E-state index contributed by atoms with van der Waals surface area (Å²) in [5.41, 5.74) is 0.427. The molecule has 9 nitrogen and oxygen atoms in total. The Bertz CT molecular complexity index is 1150. The maximum absolute atomic E-state index is 13.0. The Balaban J connectivity index is 1.57. The fourth-order valence-electron chi connectivity index (χ4n) is 4.40. The first-order chi connectivity index (χ1) is 14.0. The number of Topliss-reactive ketones (excluding diaryl/α,β-unsaturated/α-hetero) is 1. The molecule has 2 aromatic heterocycles. The summed E-state index contributed by atoms with van der Waals surface area (Å²) in [7, 11) is -3.08. The third kappa shape index (κ3) is 3.15. The van der Waals surface area contributed by atoms with Gasteiger partial charge in [-0.1, -0.05) is 0 Å². The molecule has 3 amide bonds. The molecule has 160 valence electrons. The topological polar surface area (TPSA) is 119 Å². The van der Waals surface area contributed by atoms with Gasteiger partial charge in [-0.2, -0.15) is 0 Å². The molecule has 0 unspecified atom stereocenters. The SMILES string of the molecule is Cc1cc(C(=O)CN2C(=O)N[C@@](C)(c3ccco3)C2=O)c(C)n1[C@H]1CCS(=O)(=O)C1. The normalized spacial score (nSPS) is 25.7. The average molecular weight is 433 g/mol. The number of amides is 3. The van der Waals surface area contributed by atoms with Gasteiger partial charge in [0, 0.05) is 23.0 Å². The number of imide groups is 1. The maximum atomic E-state index is 13.0. The lowest BCUT2D eigenvalue weighted by molar-refractivity contribution is -0.131. The van der Waals surface area contributed by atoms with E-state index in [1.807, 2.05) is 11.5 Å². The highest BCUT2D eigenvalue weighted by atomic mass is 32.2. The van der Waals surface area contributed by atoms with Gasteiger partial charge in [0.15, 0.2) is 21.2 Å². The number of hydrogen-bond donors (Lipinski definition) is 1. The smallest absolute Gasteiger partial charge is 0.325 e. The fourth-order valence-corrected chi connectivity index (χ4v) is 6.10. The predicted molar refractivity (Wildman–Crippen MR) is 107 cm³/mol. The highest BCUT2D eigenvalue weighted by Crippen LogP contribution is 2.31. The first-order valence-electron chi connectivity index (χ1n) is 9.63. The van der Waals surface area contributed by atoms with Crippen LogP contribution in [0.2, 0.25) is 0 Å². The monoisotopic (exact) mass is 433 g/mol. The van der Waals surface area contributed by atoms with Crippen LogP contribution in [-0.4, -0.2) is 53.7 Å². The zero-order valence-electron chi connectivity index (χ0n) is 17.0. The number of nitrogens with one attached hydrogen (secondary N) is 1. The van der Waals surface area contributed by atoms with Gasteiger partial charge in [0.2, 0.25) is 0 Å². The van der Waals surface area contributed by atoms with Crippen molar-refractivity contribution < 1.29 is 27.2 Å². The summed E-state index contributed by atoms with van der Waals surface area (Å²) in [5, 5.41) is 2.59. The van der Waals surface area contributed by atoms with Crippen molar-refractivity contribution in [2.24, 2.45) is 0 Å². The van der Waals surface area contributed by atoms with Crippen LogP contribution in [0.3, 0.4) is 0 Å². The molecule has 0 spiro atoms. The number of ketones is 1. The summed E-state index contributed by atoms with van der Waals surface area (Å²) in [4.78, 5) is 39.2. The number of carbonyl (C=O) groups excluding carboxylic acids is 3. The van der Waals surface area contributed by atoms with Crippen LogP contribution in [0.5, 0.6) is 0 Å². The molecule has 2 fully saturated rings. The second-order valence-corrected chi connectivity index (χ2v) is 10.3. The number of rotatable bonds is 5. The van der Waals surface area contributed by atoms with Crippen molar-refractivity contribution in [3.8, 4) is 0 Å². The van der Waals surface area contributed by atoms with Gasteiger partial charge in [0.25, 0.3) is 5.91 Å². The van der Waals surface area contributed by atoms with E-state index in [4.69, 9.17) is 4.42 Å². The van der Waals surface area contributed by atoms with Gasteiger partial charge in [0.1, 0.15) is 5.76 Å². The van der Waals surface area contributed by atoms with Crippen LogP contribution in [0.4, 0.5) is 4.79 Å². The second kappa shape index (κ2) is 6.83. The van der Waals surface area contributed by atoms with Crippen molar-refractivity contribution >= 4 is 27.6 Å². The Kier molecular flexibility index (Phi) is 4.64. The van der Waals surface area contributed by atoms with Crippen molar-refractivity contribution in [1.82, 2.24) is 14.8 Å². The minimum absolute atomic E-state index is 0.0471. The minimum atomic E-state index is -3.08. The first kappa shape index (κ1) is 20.4. The molecule has 0 saturated carbocycles. The molecule has 2 aromatic rings. The van der Waals surface area contributed by atoms with Crippen LogP contribution in [0.1, 0.15) is 46.9 Å². The van der Waals surface area contributed by atoms with Gasteiger partial charge in [-0.05, 0) is 45.4 Å². The molecule has 2 aliphatic rings. The molecular weight excluding hydrogens is 410 g/mol. The van der Waals surface area contributed by atoms with E-state index in [0.717, 1.165) is 10.6 Å². The standard InChI is InChI=1S/C20H23N3O6S/c1-12-9-15(13(2)23(12)14-6-8-30(27,28)11-14)16(24)10-22-18(25)20(3,21-19(22)26)17-5-4-7-29-17/h4-5,7,9,14H,6,8,10-11H2,1-3H3,(H,21,26)/t14-,20-/m0/s1. The van der Waals surface area contributed by atoms with Gasteiger partial charge in [-0.25, -0.2) is 13.2 Å². The van der Waals surface area contributed by atoms with Crippen molar-refractivity contribution in [3.63, 3.8) is 0 Å². The summed E-state index contributed by atoms with van der Waals surface area (Å²) in [6.07, 6.45) is 1.91. The summed E-state index contributed by atoms with van der Waals surface area (Å²) < 4.78 is 30.9. The largest absolute Gasteiger partial charge is 0.466 e. The zero-order valence-corrected chi connectivity index (χ0v) is 17.8. The van der Waals surface area contributed by atoms with Crippen molar-refractivity contribution in [2.45, 2.75) is 38.8 Å². The summed E-state index contributed by atoms with van der Waals surface area (Å²) >= 11 is 0. The molecule has 2 aliphatic heterocycles. The van der Waals surface area contributed by atoms with Crippen LogP contribution in [0.25, 0.3) is 0 Å². The molecule has 30 heavy (non-hydrogen) atoms. The van der Waals surface area contributed by atoms with E-state index < -0.39 is 33.9 Å². The highest BCUT2D eigenvalue weighted by Gasteiger charge is 2.51. The van der Waals surface area contributed by atoms with Gasteiger partial charge < -0.3 is 14.3 Å². The molecular formula is C20H23N3O6S. The zero-order chi connectivity index (χ0) is 21.8. The van der Waals surface area contributed by atoms with Gasteiger partial charge in [0.05, 0.1) is 24.3 Å². The van der Waals surface area contributed by atoms with Crippen LogP contribution in [0.15, 0.2) is 28.9 Å². The van der Waals surface area contributed by atoms with E-state index in [-0.39, 0.29) is 29.1 Å². The average Bonchev–Trinajstić information content (AvgIpc) is 3.41. The lowest BCUT2D eigenvalue weighted by Crippen LogP contribution is -2.41. The van der Waals surface area contributed by atoms with Crippen molar-refractivity contribution in [1.29, 1.82) is 0 Å². The quantitative estimate of drug-likeness (QED) is 0.566. The summed E-state index contributed by atoms with van der Waals surface area (Å²) in [6.45, 7) is 4.69. The maximum Gasteiger partial charge on any atom is 0.325 e. The molecule has 4 heterocycles. The van der Waals surface area contributed by atoms with E-state index in [2.05, 4.69) is 5.32 Å².